The van der Waals surface area contributed by atoms with Crippen LogP contribution < -0.4 is 0 Å². The number of hydrogen-bond acceptors (Lipinski definition) is 6. The van der Waals surface area contributed by atoms with Crippen molar-refractivity contribution in [2.45, 2.75) is 69.3 Å². The Labute approximate surface area is 168 Å². The van der Waals surface area contributed by atoms with E-state index in [-0.39, 0.29) is 42.1 Å². The van der Waals surface area contributed by atoms with Crippen molar-refractivity contribution in [3.8, 4) is 0 Å². The fraction of sp³-hybridized carbons (Fsp3) is 0.789. The van der Waals surface area contributed by atoms with E-state index >= 15 is 0 Å². The van der Waals surface area contributed by atoms with E-state index < -0.39 is 38.5 Å². The van der Waals surface area contributed by atoms with E-state index in [1.54, 1.807) is 6.92 Å². The van der Waals surface area contributed by atoms with Crippen LogP contribution in [0.2, 0.25) is 0 Å². The van der Waals surface area contributed by atoms with Gasteiger partial charge < -0.3 is 9.47 Å². The second-order valence-corrected chi connectivity index (χ2v) is 10.5. The summed E-state index contributed by atoms with van der Waals surface area (Å²) in [6.45, 7) is 9.03. The lowest BCUT2D eigenvalue weighted by Crippen LogP contribution is -2.68. The number of esters is 2. The zero-order chi connectivity index (χ0) is 22.0. The minimum absolute atomic E-state index is 0.0622. The Kier molecular flexibility index (Phi) is 5.14. The molecule has 0 aromatic carbocycles. The van der Waals surface area contributed by atoms with Crippen LogP contribution in [0, 0.1) is 23.7 Å². The highest BCUT2D eigenvalue weighted by Crippen LogP contribution is 2.64. The zero-order valence-corrected chi connectivity index (χ0v) is 17.4. The van der Waals surface area contributed by atoms with E-state index in [0.717, 1.165) is 0 Å². The van der Waals surface area contributed by atoms with Crippen molar-refractivity contribution in [3.05, 3.63) is 12.2 Å². The summed E-state index contributed by atoms with van der Waals surface area (Å²) < 4.78 is 69.0. The zero-order valence-electron chi connectivity index (χ0n) is 16.6. The van der Waals surface area contributed by atoms with Crippen LogP contribution in [0.5, 0.6) is 0 Å². The highest BCUT2D eigenvalue weighted by molar-refractivity contribution is 7.87. The molecule has 164 valence electrons. The SMILES string of the molecule is C=C(C)C(=O)OC1(C(C)C)C2CC3CC1CC(OC(=O)C(F)(F)S(=O)(=O)O)(C3)C2. The summed E-state index contributed by atoms with van der Waals surface area (Å²) in [5.74, 6) is -3.19. The van der Waals surface area contributed by atoms with Gasteiger partial charge in [-0.1, -0.05) is 20.4 Å². The fourth-order valence-electron chi connectivity index (χ4n) is 5.89. The topological polar surface area (TPSA) is 107 Å². The molecule has 0 amide bonds. The number of ether oxygens (including phenoxy) is 2. The molecule has 0 aromatic rings. The lowest BCUT2D eigenvalue weighted by Gasteiger charge is -2.64. The molecule has 2 unspecified atom stereocenters. The summed E-state index contributed by atoms with van der Waals surface area (Å²) in [4.78, 5) is 24.3. The first-order chi connectivity index (χ1) is 13.1. The largest absolute Gasteiger partial charge is 0.465 e. The van der Waals surface area contributed by atoms with Gasteiger partial charge >= 0.3 is 27.3 Å². The van der Waals surface area contributed by atoms with Crippen LogP contribution in [-0.2, 0) is 29.2 Å². The van der Waals surface area contributed by atoms with Gasteiger partial charge in [0.05, 0.1) is 0 Å². The van der Waals surface area contributed by atoms with Gasteiger partial charge in [0.25, 0.3) is 0 Å². The summed E-state index contributed by atoms with van der Waals surface area (Å²) in [6.07, 6.45) is 2.12. The third kappa shape index (κ3) is 3.37. The molecule has 29 heavy (non-hydrogen) atoms. The van der Waals surface area contributed by atoms with Gasteiger partial charge in [0, 0.05) is 17.4 Å². The number of halogens is 2. The van der Waals surface area contributed by atoms with Gasteiger partial charge in [-0.05, 0) is 50.9 Å². The molecule has 4 bridgehead atoms. The van der Waals surface area contributed by atoms with E-state index in [2.05, 4.69) is 6.58 Å². The normalized spacial score (nSPS) is 36.2. The summed E-state index contributed by atoms with van der Waals surface area (Å²) in [5.41, 5.74) is -1.82. The minimum atomic E-state index is -5.93. The summed E-state index contributed by atoms with van der Waals surface area (Å²) in [7, 11) is -5.93. The Bertz CT molecular complexity index is 833. The average Bonchev–Trinajstić information content (AvgIpc) is 2.55. The smallest absolute Gasteiger partial charge is 0.455 e. The highest BCUT2D eigenvalue weighted by Gasteiger charge is 2.68. The molecule has 4 saturated carbocycles. The molecule has 0 heterocycles. The number of carbonyl (C=O) groups excluding carboxylic acids is 2. The first kappa shape index (κ1) is 22.1. The predicted molar refractivity (Wildman–Crippen MR) is 97.3 cm³/mol. The second-order valence-electron chi connectivity index (χ2n) is 9.09. The Morgan fingerprint density at radius 2 is 1.66 bits per heavy atom. The lowest BCUT2D eigenvalue weighted by atomic mass is 9.46. The van der Waals surface area contributed by atoms with E-state index in [9.17, 15) is 26.8 Å². The Morgan fingerprint density at radius 1 is 1.14 bits per heavy atom. The molecule has 0 radical (unpaired) electrons. The fourth-order valence-corrected chi connectivity index (χ4v) is 6.14. The Hall–Kier alpha value is -1.55. The molecule has 4 aliphatic rings. The molecule has 2 atom stereocenters. The van der Waals surface area contributed by atoms with Crippen molar-refractivity contribution in [2.75, 3.05) is 0 Å². The maximum absolute atomic E-state index is 13.8. The molecule has 0 aliphatic heterocycles. The minimum Gasteiger partial charge on any atom is -0.455 e. The van der Waals surface area contributed by atoms with E-state index in [1.807, 2.05) is 13.8 Å². The van der Waals surface area contributed by atoms with Crippen molar-refractivity contribution < 1.29 is 40.8 Å². The number of alkyl halides is 2. The predicted octanol–water partition coefficient (Wildman–Crippen LogP) is 3.10. The van der Waals surface area contributed by atoms with Crippen LogP contribution in [0.1, 0.15) is 52.9 Å². The maximum atomic E-state index is 13.8. The molecule has 4 fully saturated rings. The van der Waals surface area contributed by atoms with Crippen LogP contribution in [0.15, 0.2) is 12.2 Å². The monoisotopic (exact) mass is 436 g/mol. The molecule has 7 nitrogen and oxygen atoms in total. The van der Waals surface area contributed by atoms with Gasteiger partial charge in [0.15, 0.2) is 0 Å². The standard InChI is InChI=1S/C19H26F2O7S/c1-10(2)15(22)27-18(11(3)4)13-5-12-6-14(18)9-17(7-12,8-13)28-16(23)19(20,21)29(24,25)26/h11-14H,1,5-9H2,2-4H3,(H,24,25,26). The van der Waals surface area contributed by atoms with Gasteiger partial charge in [0.2, 0.25) is 0 Å². The molecule has 0 aromatic heterocycles. The van der Waals surface area contributed by atoms with Gasteiger partial charge in [-0.15, -0.1) is 0 Å². The van der Waals surface area contributed by atoms with Crippen LogP contribution in [0.25, 0.3) is 0 Å². The molecule has 1 N–H and O–H groups in total. The van der Waals surface area contributed by atoms with Crippen LogP contribution in [0.4, 0.5) is 8.78 Å². The second kappa shape index (κ2) is 6.73. The Balaban J connectivity index is 1.91. The average molecular weight is 436 g/mol. The van der Waals surface area contributed by atoms with Crippen molar-refractivity contribution >= 4 is 22.1 Å². The quantitative estimate of drug-likeness (QED) is 0.387. The van der Waals surface area contributed by atoms with E-state index in [1.165, 1.54) is 0 Å². The Morgan fingerprint density at radius 3 is 2.07 bits per heavy atom. The maximum Gasteiger partial charge on any atom is 0.465 e. The van der Waals surface area contributed by atoms with Crippen LogP contribution in [-0.4, -0.2) is 41.4 Å². The molecule has 4 rings (SSSR count). The molecular formula is C19H26F2O7S. The first-order valence-electron chi connectivity index (χ1n) is 9.62. The van der Waals surface area contributed by atoms with Crippen molar-refractivity contribution in [2.24, 2.45) is 23.7 Å². The number of hydrogen-bond donors (Lipinski definition) is 1. The lowest BCUT2D eigenvalue weighted by molar-refractivity contribution is -0.263. The third-order valence-corrected chi connectivity index (χ3v) is 7.62. The highest BCUT2D eigenvalue weighted by atomic mass is 32.2. The summed E-state index contributed by atoms with van der Waals surface area (Å²) in [6, 6.07) is 0. The van der Waals surface area contributed by atoms with Crippen molar-refractivity contribution in [3.63, 3.8) is 0 Å². The van der Waals surface area contributed by atoms with Crippen LogP contribution in [0.3, 0.4) is 0 Å². The van der Waals surface area contributed by atoms with Crippen molar-refractivity contribution in [1.29, 1.82) is 0 Å². The van der Waals surface area contributed by atoms with Gasteiger partial charge in [-0.3, -0.25) is 4.55 Å². The van der Waals surface area contributed by atoms with Crippen LogP contribution >= 0.6 is 0 Å². The van der Waals surface area contributed by atoms with E-state index in [0.29, 0.717) is 19.3 Å². The molecule has 0 spiro atoms. The van der Waals surface area contributed by atoms with Gasteiger partial charge in [-0.2, -0.15) is 17.2 Å². The number of rotatable bonds is 6. The molecule has 4 aliphatic carbocycles. The van der Waals surface area contributed by atoms with E-state index in [4.69, 9.17) is 14.0 Å². The molecule has 0 saturated heterocycles. The number of carbonyl (C=O) groups is 2. The first-order valence-corrected chi connectivity index (χ1v) is 11.1. The van der Waals surface area contributed by atoms with Gasteiger partial charge in [-0.25, -0.2) is 9.59 Å². The van der Waals surface area contributed by atoms with Crippen molar-refractivity contribution in [1.82, 2.24) is 0 Å². The summed E-state index contributed by atoms with van der Waals surface area (Å²) in [5, 5.41) is -5.03. The summed E-state index contributed by atoms with van der Waals surface area (Å²) >= 11 is 0. The molecule has 10 heteroatoms. The van der Waals surface area contributed by atoms with Gasteiger partial charge in [0.1, 0.15) is 11.2 Å². The molecular weight excluding hydrogens is 410 g/mol. The third-order valence-electron chi connectivity index (χ3n) is 6.80.